The molecule has 106 valence electrons. The van der Waals surface area contributed by atoms with E-state index in [0.29, 0.717) is 13.1 Å². The standard InChI is InChI=1S/C8H16N2O4.Ni.2H2O/c1-5(7(11)12)9-3-4-10-6(2)8(13)14;;;/h5-6,9-10H,3-4H2,1-2H3,(H,11,12)(H,13,14);;2*1H2/q;+2;;/t5-,6-;;;/m0.../s1. The second kappa shape index (κ2) is 13.3. The molecule has 0 radical (unpaired) electrons. The summed E-state index contributed by atoms with van der Waals surface area (Å²) < 4.78 is 0. The van der Waals surface area contributed by atoms with Crippen molar-refractivity contribution < 1.29 is 47.2 Å². The molecule has 0 aliphatic rings. The number of carboxylic acid groups (broad SMARTS) is 2. The van der Waals surface area contributed by atoms with E-state index in [9.17, 15) is 19.8 Å². The minimum Gasteiger partial charge on any atom is -0.548 e. The topological polar surface area (TPSA) is 170 Å². The van der Waals surface area contributed by atoms with Gasteiger partial charge in [-0.15, -0.1) is 0 Å². The van der Waals surface area contributed by atoms with E-state index in [2.05, 4.69) is 10.6 Å². The van der Waals surface area contributed by atoms with Crippen LogP contribution in [0.15, 0.2) is 0 Å². The van der Waals surface area contributed by atoms with Crippen LogP contribution >= 0.6 is 0 Å². The molecule has 0 unspecified atom stereocenters. The van der Waals surface area contributed by atoms with Crippen LogP contribution in [-0.2, 0) is 37.0 Å². The SMILES string of the molecule is C[C@H](NCCN[C@@H](C)C(=O)[O-])C(=O)[O-].[Ni+2].[OH3+].[OH3+]. The van der Waals surface area contributed by atoms with E-state index in [1.807, 2.05) is 0 Å². The summed E-state index contributed by atoms with van der Waals surface area (Å²) in [5.41, 5.74) is 0. The quantitative estimate of drug-likeness (QED) is 0.270. The number of hydrogen-bond donors (Lipinski definition) is 2. The number of carbonyl (C=O) groups is 2. The molecule has 8 N–H and O–H groups in total. The van der Waals surface area contributed by atoms with Crippen molar-refractivity contribution in [2.45, 2.75) is 25.9 Å². The summed E-state index contributed by atoms with van der Waals surface area (Å²) in [4.78, 5) is 20.5. The van der Waals surface area contributed by atoms with Gasteiger partial charge in [-0.25, -0.2) is 0 Å². The van der Waals surface area contributed by atoms with Crippen molar-refractivity contribution in [3.05, 3.63) is 0 Å². The third-order valence-electron chi connectivity index (χ3n) is 1.73. The van der Waals surface area contributed by atoms with Crippen molar-refractivity contribution >= 4 is 11.9 Å². The third kappa shape index (κ3) is 13.2. The Labute approximate surface area is 109 Å². The molecule has 0 aromatic heterocycles. The predicted octanol–water partition coefficient (Wildman–Crippen LogP) is -5.40. The smallest absolute Gasteiger partial charge is 0.548 e. The number of hydrogen-bond acceptors (Lipinski definition) is 6. The Morgan fingerprint density at radius 2 is 1.18 bits per heavy atom. The van der Waals surface area contributed by atoms with E-state index in [4.69, 9.17) is 0 Å². The van der Waals surface area contributed by atoms with Gasteiger partial charge in [0.1, 0.15) is 0 Å². The fourth-order valence-electron chi connectivity index (χ4n) is 0.744. The summed E-state index contributed by atoms with van der Waals surface area (Å²) in [7, 11) is 0. The van der Waals surface area contributed by atoms with Crippen molar-refractivity contribution in [2.75, 3.05) is 13.1 Å². The Morgan fingerprint density at radius 3 is 1.35 bits per heavy atom. The number of nitrogens with one attached hydrogen (secondary N) is 2. The summed E-state index contributed by atoms with van der Waals surface area (Å²) in [6.45, 7) is 3.62. The summed E-state index contributed by atoms with van der Waals surface area (Å²) in [5.74, 6) is -2.36. The van der Waals surface area contributed by atoms with Gasteiger partial charge in [0.2, 0.25) is 0 Å². The van der Waals surface area contributed by atoms with E-state index < -0.39 is 24.0 Å². The van der Waals surface area contributed by atoms with Crippen LogP contribution in [0.5, 0.6) is 0 Å². The number of carbonyl (C=O) groups excluding carboxylic acids is 2. The first-order chi connectivity index (χ1) is 6.45. The fourth-order valence-corrected chi connectivity index (χ4v) is 0.744. The zero-order valence-electron chi connectivity index (χ0n) is 9.67. The molecule has 0 aliphatic heterocycles. The monoisotopic (exact) mass is 298 g/mol. The largest absolute Gasteiger partial charge is 2.00 e. The molecule has 0 spiro atoms. The van der Waals surface area contributed by atoms with Gasteiger partial charge in [-0.3, -0.25) is 0 Å². The molecule has 0 saturated carbocycles. The summed E-state index contributed by atoms with van der Waals surface area (Å²) in [6, 6.07) is -1.48. The molecule has 0 bridgehead atoms. The molecule has 0 aromatic carbocycles. The zero-order valence-corrected chi connectivity index (χ0v) is 10.7. The first-order valence-corrected chi connectivity index (χ1v) is 4.33. The molecule has 8 nitrogen and oxygen atoms in total. The van der Waals surface area contributed by atoms with Crippen molar-refractivity contribution in [2.24, 2.45) is 0 Å². The maximum Gasteiger partial charge on any atom is 2.00 e. The number of rotatable bonds is 7. The average Bonchev–Trinajstić information content (AvgIpc) is 2.11. The first-order valence-electron chi connectivity index (χ1n) is 4.33. The maximum atomic E-state index is 10.2. The molecule has 0 heterocycles. The van der Waals surface area contributed by atoms with Crippen LogP contribution in [0.4, 0.5) is 0 Å². The molecule has 17 heavy (non-hydrogen) atoms. The van der Waals surface area contributed by atoms with Crippen LogP contribution < -0.4 is 20.8 Å². The normalized spacial score (nSPS) is 12.1. The molecule has 0 fully saturated rings. The summed E-state index contributed by atoms with van der Waals surface area (Å²) >= 11 is 0. The Balaban J connectivity index is -0.000000282. The third-order valence-corrected chi connectivity index (χ3v) is 1.73. The van der Waals surface area contributed by atoms with Gasteiger partial charge in [-0.2, -0.15) is 0 Å². The zero-order chi connectivity index (χ0) is 11.1. The van der Waals surface area contributed by atoms with Gasteiger partial charge in [0.15, 0.2) is 0 Å². The van der Waals surface area contributed by atoms with Gasteiger partial charge in [0.05, 0.1) is 11.9 Å². The first kappa shape index (κ1) is 25.2. The molecular weight excluding hydrogens is 279 g/mol. The van der Waals surface area contributed by atoms with Gasteiger partial charge in [-0.05, 0) is 13.8 Å². The van der Waals surface area contributed by atoms with E-state index in [-0.39, 0.29) is 27.4 Å². The molecular formula is C8H20N2NiO6+2. The van der Waals surface area contributed by atoms with E-state index in [1.165, 1.54) is 13.8 Å². The van der Waals surface area contributed by atoms with E-state index in [0.717, 1.165) is 0 Å². The Morgan fingerprint density at radius 1 is 0.941 bits per heavy atom. The van der Waals surface area contributed by atoms with Gasteiger partial charge < -0.3 is 41.4 Å². The van der Waals surface area contributed by atoms with Crippen molar-refractivity contribution in [3.63, 3.8) is 0 Å². The van der Waals surface area contributed by atoms with Crippen LogP contribution in [0.2, 0.25) is 0 Å². The van der Waals surface area contributed by atoms with E-state index >= 15 is 0 Å². The van der Waals surface area contributed by atoms with Crippen molar-refractivity contribution in [1.82, 2.24) is 10.6 Å². The Kier molecular flexibility index (Phi) is 19.8. The average molecular weight is 299 g/mol. The van der Waals surface area contributed by atoms with Gasteiger partial charge in [0, 0.05) is 25.2 Å². The molecule has 0 aliphatic carbocycles. The Bertz CT molecular complexity index is 194. The molecule has 9 heteroatoms. The van der Waals surface area contributed by atoms with Gasteiger partial charge in [0.25, 0.3) is 0 Å². The van der Waals surface area contributed by atoms with Crippen LogP contribution in [0.1, 0.15) is 13.8 Å². The summed E-state index contributed by atoms with van der Waals surface area (Å²) in [6.07, 6.45) is 0. The molecule has 0 aromatic rings. The number of carboxylic acids is 2. The minimum absolute atomic E-state index is 0. The van der Waals surface area contributed by atoms with E-state index in [1.54, 1.807) is 0 Å². The van der Waals surface area contributed by atoms with Crippen LogP contribution in [-0.4, -0.2) is 37.1 Å². The summed E-state index contributed by atoms with van der Waals surface area (Å²) in [5, 5.41) is 25.8. The van der Waals surface area contributed by atoms with Crippen molar-refractivity contribution in [1.29, 1.82) is 0 Å². The molecule has 2 atom stereocenters. The second-order valence-corrected chi connectivity index (χ2v) is 2.99. The van der Waals surface area contributed by atoms with Crippen molar-refractivity contribution in [3.8, 4) is 0 Å². The van der Waals surface area contributed by atoms with Gasteiger partial charge >= 0.3 is 16.5 Å². The Hall–Kier alpha value is -0.726. The minimum atomic E-state index is -1.18. The molecule has 0 amide bonds. The van der Waals surface area contributed by atoms with Crippen LogP contribution in [0.25, 0.3) is 0 Å². The second-order valence-electron chi connectivity index (χ2n) is 2.99. The van der Waals surface area contributed by atoms with Crippen LogP contribution in [0.3, 0.4) is 0 Å². The maximum absolute atomic E-state index is 10.2. The molecule has 0 saturated heterocycles. The van der Waals surface area contributed by atoms with Gasteiger partial charge in [-0.1, -0.05) is 0 Å². The number of aliphatic carboxylic acids is 2. The fraction of sp³-hybridized carbons (Fsp3) is 0.750. The van der Waals surface area contributed by atoms with Crippen LogP contribution in [0, 0.1) is 0 Å². The predicted molar refractivity (Wildman–Crippen MR) is 54.7 cm³/mol. The molecule has 0 rings (SSSR count).